The molecule has 1 aromatic carbocycles. The van der Waals surface area contributed by atoms with Crippen LogP contribution in [-0.2, 0) is 17.5 Å². The van der Waals surface area contributed by atoms with E-state index in [1.165, 1.54) is 6.07 Å². The molecule has 2 rings (SSSR count). The number of hydrogen-bond donors (Lipinski definition) is 0. The molecule has 0 aliphatic carbocycles. The Hall–Kier alpha value is -1.07. The van der Waals surface area contributed by atoms with Crippen molar-refractivity contribution < 1.29 is 17.9 Å². The maximum Gasteiger partial charge on any atom is 0.416 e. The van der Waals surface area contributed by atoms with Crippen LogP contribution in [0.3, 0.4) is 0 Å². The third-order valence-electron chi connectivity index (χ3n) is 3.55. The Balaban J connectivity index is 2.22. The second-order valence-electron chi connectivity index (χ2n) is 5.46. The Morgan fingerprint density at radius 2 is 1.85 bits per heavy atom. The number of halogens is 3. The van der Waals surface area contributed by atoms with Gasteiger partial charge in [-0.25, -0.2) is 0 Å². The summed E-state index contributed by atoms with van der Waals surface area (Å²) < 4.78 is 44.6. The summed E-state index contributed by atoms with van der Waals surface area (Å²) >= 11 is 0. The van der Waals surface area contributed by atoms with Crippen LogP contribution < -0.4 is 0 Å². The number of nitrogens with zero attached hydrogens (tertiary/aromatic N) is 1. The first kappa shape index (κ1) is 15.3. The molecule has 0 saturated carbocycles. The van der Waals surface area contributed by atoms with E-state index in [0.717, 1.165) is 13.1 Å². The van der Waals surface area contributed by atoms with E-state index in [2.05, 4.69) is 4.90 Å². The van der Waals surface area contributed by atoms with Crippen molar-refractivity contribution in [1.82, 2.24) is 4.90 Å². The number of morpholine rings is 1. The van der Waals surface area contributed by atoms with Gasteiger partial charge in [0.15, 0.2) is 0 Å². The molecule has 0 amide bonds. The molecule has 1 saturated heterocycles. The van der Waals surface area contributed by atoms with Crippen LogP contribution in [0.2, 0.25) is 0 Å². The number of hydrogen-bond acceptors (Lipinski definition) is 2. The number of ether oxygens (including phenoxy) is 1. The number of benzene rings is 1. The summed E-state index contributed by atoms with van der Waals surface area (Å²) in [4.78, 5) is 2.12. The Kier molecular flexibility index (Phi) is 4.70. The van der Waals surface area contributed by atoms with Crippen LogP contribution in [0.1, 0.15) is 36.5 Å². The Morgan fingerprint density at radius 3 is 2.40 bits per heavy atom. The van der Waals surface area contributed by atoms with Crippen molar-refractivity contribution in [3.63, 3.8) is 0 Å². The Bertz CT molecular complexity index is 451. The summed E-state index contributed by atoms with van der Waals surface area (Å²) in [5, 5.41) is 0. The second kappa shape index (κ2) is 6.14. The Labute approximate surface area is 117 Å². The van der Waals surface area contributed by atoms with Gasteiger partial charge in [0, 0.05) is 19.6 Å². The zero-order valence-corrected chi connectivity index (χ0v) is 11.8. The topological polar surface area (TPSA) is 12.5 Å². The van der Waals surface area contributed by atoms with E-state index in [4.69, 9.17) is 4.74 Å². The van der Waals surface area contributed by atoms with Crippen molar-refractivity contribution in [2.24, 2.45) is 0 Å². The van der Waals surface area contributed by atoms with Gasteiger partial charge < -0.3 is 4.74 Å². The number of rotatable bonds is 3. The molecule has 0 unspecified atom stereocenters. The predicted octanol–water partition coefficient (Wildman–Crippen LogP) is 3.66. The van der Waals surface area contributed by atoms with Gasteiger partial charge in [0.25, 0.3) is 0 Å². The predicted molar refractivity (Wildman–Crippen MR) is 71.6 cm³/mol. The van der Waals surface area contributed by atoms with Crippen LogP contribution >= 0.6 is 0 Å². The molecule has 2 nitrogen and oxygen atoms in total. The van der Waals surface area contributed by atoms with E-state index in [-0.39, 0.29) is 5.92 Å². The van der Waals surface area contributed by atoms with Gasteiger partial charge >= 0.3 is 6.18 Å². The molecule has 112 valence electrons. The lowest BCUT2D eigenvalue weighted by Gasteiger charge is -2.27. The van der Waals surface area contributed by atoms with Crippen molar-refractivity contribution in [3.8, 4) is 0 Å². The van der Waals surface area contributed by atoms with Crippen LogP contribution in [0.25, 0.3) is 0 Å². The molecule has 1 aliphatic heterocycles. The SMILES string of the molecule is CC(C)c1ccc(CN2CCOCC2)cc1C(F)(F)F. The van der Waals surface area contributed by atoms with Crippen molar-refractivity contribution in [2.45, 2.75) is 32.5 Å². The minimum Gasteiger partial charge on any atom is -0.379 e. The van der Waals surface area contributed by atoms with Crippen molar-refractivity contribution in [3.05, 3.63) is 34.9 Å². The van der Waals surface area contributed by atoms with Crippen molar-refractivity contribution in [2.75, 3.05) is 26.3 Å². The van der Waals surface area contributed by atoms with Gasteiger partial charge in [0.2, 0.25) is 0 Å². The lowest BCUT2D eigenvalue weighted by atomic mass is 9.94. The van der Waals surface area contributed by atoms with E-state index in [0.29, 0.717) is 30.9 Å². The molecule has 5 heteroatoms. The smallest absolute Gasteiger partial charge is 0.379 e. The molecule has 20 heavy (non-hydrogen) atoms. The highest BCUT2D eigenvalue weighted by Gasteiger charge is 2.34. The summed E-state index contributed by atoms with van der Waals surface area (Å²) in [5.74, 6) is -0.135. The summed E-state index contributed by atoms with van der Waals surface area (Å²) in [6, 6.07) is 4.72. The molecule has 0 bridgehead atoms. The molecular formula is C15H20F3NO. The van der Waals surface area contributed by atoms with E-state index in [1.807, 2.05) is 0 Å². The van der Waals surface area contributed by atoms with Gasteiger partial charge in [-0.15, -0.1) is 0 Å². The molecular weight excluding hydrogens is 267 g/mol. The van der Waals surface area contributed by atoms with Crippen LogP contribution in [0.5, 0.6) is 0 Å². The minimum absolute atomic E-state index is 0.135. The van der Waals surface area contributed by atoms with E-state index in [1.54, 1.807) is 26.0 Å². The summed E-state index contributed by atoms with van der Waals surface area (Å²) in [5.41, 5.74) is 0.574. The average molecular weight is 287 g/mol. The summed E-state index contributed by atoms with van der Waals surface area (Å²) in [7, 11) is 0. The molecule has 1 aliphatic rings. The summed E-state index contributed by atoms with van der Waals surface area (Å²) in [6.07, 6.45) is -4.29. The third-order valence-corrected chi connectivity index (χ3v) is 3.55. The molecule has 1 heterocycles. The standard InChI is InChI=1S/C15H20F3NO/c1-11(2)13-4-3-12(9-14(13)15(16,17)18)10-19-5-7-20-8-6-19/h3-4,9,11H,5-8,10H2,1-2H3. The molecule has 1 aromatic rings. The molecule has 0 radical (unpaired) electrons. The van der Waals surface area contributed by atoms with Crippen LogP contribution in [0, 0.1) is 0 Å². The molecule has 0 N–H and O–H groups in total. The molecule has 0 spiro atoms. The van der Waals surface area contributed by atoms with Gasteiger partial charge in [0.05, 0.1) is 18.8 Å². The highest BCUT2D eigenvalue weighted by Crippen LogP contribution is 2.36. The van der Waals surface area contributed by atoms with Gasteiger partial charge in [-0.1, -0.05) is 26.0 Å². The molecule has 0 aromatic heterocycles. The average Bonchev–Trinajstić information content (AvgIpc) is 2.38. The fraction of sp³-hybridized carbons (Fsp3) is 0.600. The van der Waals surface area contributed by atoms with Crippen LogP contribution in [0.4, 0.5) is 13.2 Å². The third kappa shape index (κ3) is 3.73. The minimum atomic E-state index is -4.29. The van der Waals surface area contributed by atoms with Crippen molar-refractivity contribution in [1.29, 1.82) is 0 Å². The first-order valence-electron chi connectivity index (χ1n) is 6.88. The maximum atomic E-state index is 13.1. The quantitative estimate of drug-likeness (QED) is 0.841. The Morgan fingerprint density at radius 1 is 1.20 bits per heavy atom. The largest absolute Gasteiger partial charge is 0.416 e. The van der Waals surface area contributed by atoms with Crippen LogP contribution in [-0.4, -0.2) is 31.2 Å². The molecule has 1 fully saturated rings. The lowest BCUT2D eigenvalue weighted by molar-refractivity contribution is -0.138. The monoisotopic (exact) mass is 287 g/mol. The normalized spacial score (nSPS) is 17.7. The zero-order chi connectivity index (χ0) is 14.8. The van der Waals surface area contributed by atoms with E-state index in [9.17, 15) is 13.2 Å². The fourth-order valence-corrected chi connectivity index (χ4v) is 2.47. The maximum absolute atomic E-state index is 13.1. The first-order chi connectivity index (χ1) is 9.38. The lowest BCUT2D eigenvalue weighted by Crippen LogP contribution is -2.35. The zero-order valence-electron chi connectivity index (χ0n) is 11.8. The highest BCUT2D eigenvalue weighted by molar-refractivity contribution is 5.36. The van der Waals surface area contributed by atoms with E-state index >= 15 is 0 Å². The first-order valence-corrected chi connectivity index (χ1v) is 6.88. The second-order valence-corrected chi connectivity index (χ2v) is 5.46. The number of alkyl halides is 3. The van der Waals surface area contributed by atoms with E-state index < -0.39 is 11.7 Å². The van der Waals surface area contributed by atoms with Gasteiger partial charge in [-0.2, -0.15) is 13.2 Å². The highest BCUT2D eigenvalue weighted by atomic mass is 19.4. The summed E-state index contributed by atoms with van der Waals surface area (Å²) in [6.45, 7) is 6.95. The van der Waals surface area contributed by atoms with Gasteiger partial charge in [-0.05, 0) is 23.1 Å². The van der Waals surface area contributed by atoms with Crippen LogP contribution in [0.15, 0.2) is 18.2 Å². The van der Waals surface area contributed by atoms with Gasteiger partial charge in [0.1, 0.15) is 0 Å². The van der Waals surface area contributed by atoms with Crippen molar-refractivity contribution >= 4 is 0 Å². The van der Waals surface area contributed by atoms with Gasteiger partial charge in [-0.3, -0.25) is 4.90 Å². The fourth-order valence-electron chi connectivity index (χ4n) is 2.47. The molecule has 0 atom stereocenters.